The molecule has 2 aliphatic heterocycles. The summed E-state index contributed by atoms with van der Waals surface area (Å²) in [6.07, 6.45) is 3.49. The fraction of sp³-hybridized carbons (Fsp3) is 0.929. The van der Waals surface area contributed by atoms with Crippen molar-refractivity contribution in [2.45, 2.75) is 25.4 Å². The van der Waals surface area contributed by atoms with Gasteiger partial charge >= 0.3 is 0 Å². The van der Waals surface area contributed by atoms with E-state index in [-0.39, 0.29) is 18.6 Å². The Balaban J connectivity index is 1.64. The molecule has 0 aromatic carbocycles. The Morgan fingerprint density at radius 2 is 2.11 bits per heavy atom. The molecule has 19 heavy (non-hydrogen) atoms. The average molecular weight is 269 g/mol. The molecule has 1 atom stereocenters. The van der Waals surface area contributed by atoms with E-state index in [1.54, 1.807) is 0 Å². The van der Waals surface area contributed by atoms with E-state index in [1.807, 2.05) is 11.9 Å². The van der Waals surface area contributed by atoms with Crippen LogP contribution in [0.1, 0.15) is 19.3 Å². The van der Waals surface area contributed by atoms with Gasteiger partial charge in [-0.25, -0.2) is 0 Å². The molecule has 110 valence electrons. The number of carbonyl (C=O) groups excluding carboxylic acids is 1. The van der Waals surface area contributed by atoms with Gasteiger partial charge in [0.2, 0.25) is 5.91 Å². The molecule has 1 unspecified atom stereocenters. The normalized spacial score (nSPS) is 25.7. The van der Waals surface area contributed by atoms with Crippen LogP contribution in [0.5, 0.6) is 0 Å². The molecule has 2 saturated heterocycles. The first kappa shape index (κ1) is 14.8. The van der Waals surface area contributed by atoms with E-state index in [9.17, 15) is 4.79 Å². The average Bonchev–Trinajstić information content (AvgIpc) is 2.82. The summed E-state index contributed by atoms with van der Waals surface area (Å²) in [7, 11) is 4.04. The lowest BCUT2D eigenvalue weighted by atomic mass is 10.1. The van der Waals surface area contributed by atoms with E-state index < -0.39 is 0 Å². The molecular weight excluding hydrogens is 242 g/mol. The van der Waals surface area contributed by atoms with Crippen molar-refractivity contribution in [1.29, 1.82) is 0 Å². The summed E-state index contributed by atoms with van der Waals surface area (Å²) in [6.45, 7) is 5.36. The zero-order valence-corrected chi connectivity index (χ0v) is 12.2. The Bertz CT molecular complexity index is 292. The minimum absolute atomic E-state index is 0.119. The number of likely N-dealkylation sites (tertiary alicyclic amines) is 1. The number of carbonyl (C=O) groups is 1. The number of nitrogens with zero attached hydrogens (tertiary/aromatic N) is 2. The number of amides is 1. The molecule has 1 N–H and O–H groups in total. The number of rotatable bonds is 5. The lowest BCUT2D eigenvalue weighted by Crippen LogP contribution is -2.38. The van der Waals surface area contributed by atoms with E-state index in [4.69, 9.17) is 4.74 Å². The largest absolute Gasteiger partial charge is 0.368 e. The number of likely N-dealkylation sites (N-methyl/N-ethyl adjacent to an activating group) is 1. The lowest BCUT2D eigenvalue weighted by molar-refractivity contribution is -0.137. The van der Waals surface area contributed by atoms with Crippen LogP contribution in [0.4, 0.5) is 0 Å². The summed E-state index contributed by atoms with van der Waals surface area (Å²) in [5, 5.41) is 3.30. The molecule has 1 amide bonds. The standard InChI is InChI=1S/C14H27N3O2/c1-16-8-5-12(9-16)10-17(2)14(18)11-19-13-3-6-15-7-4-13/h12-13,15H,3-11H2,1-2H3. The second-order valence-electron chi connectivity index (χ2n) is 5.95. The quantitative estimate of drug-likeness (QED) is 0.772. The Morgan fingerprint density at radius 1 is 1.37 bits per heavy atom. The highest BCUT2D eigenvalue weighted by atomic mass is 16.5. The monoisotopic (exact) mass is 269 g/mol. The summed E-state index contributed by atoms with van der Waals surface area (Å²) in [5.74, 6) is 0.742. The molecule has 2 fully saturated rings. The van der Waals surface area contributed by atoms with Crippen LogP contribution < -0.4 is 5.32 Å². The molecule has 5 nitrogen and oxygen atoms in total. The van der Waals surface area contributed by atoms with Gasteiger partial charge in [0.05, 0.1) is 6.10 Å². The van der Waals surface area contributed by atoms with E-state index in [2.05, 4.69) is 17.3 Å². The van der Waals surface area contributed by atoms with Crippen molar-refractivity contribution in [1.82, 2.24) is 15.1 Å². The Morgan fingerprint density at radius 3 is 2.74 bits per heavy atom. The maximum Gasteiger partial charge on any atom is 0.248 e. The van der Waals surface area contributed by atoms with Gasteiger partial charge in [-0.15, -0.1) is 0 Å². The predicted molar refractivity (Wildman–Crippen MR) is 75.1 cm³/mol. The molecule has 0 aromatic rings. The highest BCUT2D eigenvalue weighted by molar-refractivity contribution is 5.77. The van der Waals surface area contributed by atoms with Crippen LogP contribution in [-0.4, -0.2) is 75.2 Å². The maximum absolute atomic E-state index is 12.0. The van der Waals surface area contributed by atoms with Crippen LogP contribution in [0, 0.1) is 5.92 Å². The minimum atomic E-state index is 0.119. The fourth-order valence-electron chi connectivity index (χ4n) is 2.93. The van der Waals surface area contributed by atoms with Gasteiger partial charge in [0.15, 0.2) is 0 Å². The predicted octanol–water partition coefficient (Wildman–Crippen LogP) is 0.165. The first-order valence-electron chi connectivity index (χ1n) is 7.40. The second kappa shape index (κ2) is 7.22. The van der Waals surface area contributed by atoms with Crippen molar-refractivity contribution in [2.75, 3.05) is 53.4 Å². The van der Waals surface area contributed by atoms with Gasteiger partial charge < -0.3 is 19.9 Å². The Hall–Kier alpha value is -0.650. The van der Waals surface area contributed by atoms with Crippen molar-refractivity contribution in [3.63, 3.8) is 0 Å². The molecule has 2 aliphatic rings. The molecule has 5 heteroatoms. The molecule has 2 rings (SSSR count). The molecule has 0 saturated carbocycles. The summed E-state index contributed by atoms with van der Waals surface area (Å²) < 4.78 is 5.71. The van der Waals surface area contributed by atoms with Crippen molar-refractivity contribution < 1.29 is 9.53 Å². The smallest absolute Gasteiger partial charge is 0.248 e. The van der Waals surface area contributed by atoms with Gasteiger partial charge in [-0.2, -0.15) is 0 Å². The summed E-state index contributed by atoms with van der Waals surface area (Å²) in [4.78, 5) is 16.2. The molecule has 0 bridgehead atoms. The minimum Gasteiger partial charge on any atom is -0.368 e. The first-order valence-corrected chi connectivity index (χ1v) is 7.40. The van der Waals surface area contributed by atoms with Crippen molar-refractivity contribution >= 4 is 5.91 Å². The van der Waals surface area contributed by atoms with Crippen LogP contribution in [0.3, 0.4) is 0 Å². The topological polar surface area (TPSA) is 44.8 Å². The zero-order valence-electron chi connectivity index (χ0n) is 12.2. The van der Waals surface area contributed by atoms with E-state index in [0.29, 0.717) is 5.92 Å². The van der Waals surface area contributed by atoms with Crippen LogP contribution in [0.2, 0.25) is 0 Å². The highest BCUT2D eigenvalue weighted by Crippen LogP contribution is 2.15. The Labute approximate surface area is 116 Å². The van der Waals surface area contributed by atoms with Gasteiger partial charge in [-0.05, 0) is 51.9 Å². The molecule has 2 heterocycles. The molecule has 0 radical (unpaired) electrons. The molecule has 0 spiro atoms. The highest BCUT2D eigenvalue weighted by Gasteiger charge is 2.23. The van der Waals surface area contributed by atoms with Gasteiger partial charge in [-0.1, -0.05) is 0 Å². The van der Waals surface area contributed by atoms with Crippen molar-refractivity contribution in [2.24, 2.45) is 5.92 Å². The Kier molecular flexibility index (Phi) is 5.60. The summed E-state index contributed by atoms with van der Waals surface area (Å²) in [5.41, 5.74) is 0. The van der Waals surface area contributed by atoms with Crippen LogP contribution in [-0.2, 0) is 9.53 Å². The van der Waals surface area contributed by atoms with E-state index in [1.165, 1.54) is 6.42 Å². The maximum atomic E-state index is 12.0. The summed E-state index contributed by atoms with van der Waals surface area (Å²) in [6, 6.07) is 0. The van der Waals surface area contributed by atoms with Crippen molar-refractivity contribution in [3.05, 3.63) is 0 Å². The van der Waals surface area contributed by atoms with Gasteiger partial charge in [0.25, 0.3) is 0 Å². The van der Waals surface area contributed by atoms with E-state index in [0.717, 1.165) is 45.6 Å². The number of hydrogen-bond donors (Lipinski definition) is 1. The van der Waals surface area contributed by atoms with Crippen LogP contribution in [0.25, 0.3) is 0 Å². The van der Waals surface area contributed by atoms with E-state index >= 15 is 0 Å². The molecule has 0 aromatic heterocycles. The third-order valence-corrected chi connectivity index (χ3v) is 4.18. The fourth-order valence-corrected chi connectivity index (χ4v) is 2.93. The third kappa shape index (κ3) is 4.75. The summed E-state index contributed by atoms with van der Waals surface area (Å²) >= 11 is 0. The number of piperidine rings is 1. The molecule has 0 aliphatic carbocycles. The third-order valence-electron chi connectivity index (χ3n) is 4.18. The number of nitrogens with one attached hydrogen (secondary N) is 1. The van der Waals surface area contributed by atoms with Gasteiger partial charge in [0.1, 0.15) is 6.61 Å². The van der Waals surface area contributed by atoms with Gasteiger partial charge in [-0.3, -0.25) is 4.79 Å². The first-order chi connectivity index (χ1) is 9.15. The van der Waals surface area contributed by atoms with Crippen LogP contribution >= 0.6 is 0 Å². The molecular formula is C14H27N3O2. The second-order valence-corrected chi connectivity index (χ2v) is 5.95. The lowest BCUT2D eigenvalue weighted by Gasteiger charge is -2.25. The SMILES string of the molecule is CN1CCC(CN(C)C(=O)COC2CCNCC2)C1. The number of ether oxygens (including phenoxy) is 1. The van der Waals surface area contributed by atoms with Crippen LogP contribution in [0.15, 0.2) is 0 Å². The zero-order chi connectivity index (χ0) is 13.7. The van der Waals surface area contributed by atoms with Gasteiger partial charge in [0, 0.05) is 20.1 Å². The number of hydrogen-bond acceptors (Lipinski definition) is 4. The van der Waals surface area contributed by atoms with Crippen molar-refractivity contribution in [3.8, 4) is 0 Å².